The van der Waals surface area contributed by atoms with Gasteiger partial charge in [-0.05, 0) is 31.4 Å². The number of aliphatic hydroxyl groups excluding tert-OH is 1. The molecule has 2 rings (SSSR count). The Labute approximate surface area is 119 Å². The van der Waals surface area contributed by atoms with Gasteiger partial charge in [0, 0.05) is 25.8 Å². The molecule has 1 aromatic heterocycles. The molecule has 0 spiro atoms. The van der Waals surface area contributed by atoms with Crippen molar-refractivity contribution in [2.45, 2.75) is 37.3 Å². The summed E-state index contributed by atoms with van der Waals surface area (Å²) in [5, 5.41) is 12.7. The van der Waals surface area contributed by atoms with Crippen molar-refractivity contribution < 1.29 is 13.5 Å². The molecular formula is C13H21N3O3S. The Balaban J connectivity index is 2.25. The molecule has 2 heterocycles. The van der Waals surface area contributed by atoms with Crippen molar-refractivity contribution in [3.05, 3.63) is 18.3 Å². The van der Waals surface area contributed by atoms with Gasteiger partial charge in [-0.1, -0.05) is 6.92 Å². The van der Waals surface area contributed by atoms with Gasteiger partial charge >= 0.3 is 0 Å². The number of hydrogen-bond acceptors (Lipinski definition) is 5. The summed E-state index contributed by atoms with van der Waals surface area (Å²) in [6.45, 7) is 3.40. The highest BCUT2D eigenvalue weighted by Crippen LogP contribution is 2.24. The van der Waals surface area contributed by atoms with Crippen molar-refractivity contribution in [1.29, 1.82) is 0 Å². The van der Waals surface area contributed by atoms with Crippen LogP contribution in [0, 0.1) is 0 Å². The third kappa shape index (κ3) is 3.28. The summed E-state index contributed by atoms with van der Waals surface area (Å²) in [4.78, 5) is 4.04. The number of anilines is 1. The Kier molecular flexibility index (Phi) is 4.95. The van der Waals surface area contributed by atoms with Gasteiger partial charge in [0.2, 0.25) is 0 Å². The molecule has 1 fully saturated rings. The molecule has 0 aliphatic carbocycles. The number of aromatic nitrogens is 1. The Morgan fingerprint density at radius 3 is 2.80 bits per heavy atom. The van der Waals surface area contributed by atoms with Crippen LogP contribution in [0.1, 0.15) is 26.2 Å². The molecule has 7 heteroatoms. The predicted molar refractivity (Wildman–Crippen MR) is 77.0 cm³/mol. The van der Waals surface area contributed by atoms with Gasteiger partial charge in [-0.2, -0.15) is 4.31 Å². The molecule has 1 saturated heterocycles. The second kappa shape index (κ2) is 6.51. The number of rotatable bonds is 5. The van der Waals surface area contributed by atoms with E-state index in [1.54, 1.807) is 12.1 Å². The van der Waals surface area contributed by atoms with Crippen LogP contribution in [0.3, 0.4) is 0 Å². The molecule has 0 aromatic carbocycles. The van der Waals surface area contributed by atoms with Crippen molar-refractivity contribution in [3.8, 4) is 0 Å². The van der Waals surface area contributed by atoms with E-state index in [1.807, 2.05) is 6.92 Å². The van der Waals surface area contributed by atoms with E-state index >= 15 is 0 Å². The molecule has 0 radical (unpaired) electrons. The van der Waals surface area contributed by atoms with E-state index in [0.29, 0.717) is 38.2 Å². The summed E-state index contributed by atoms with van der Waals surface area (Å²) in [7, 11) is -3.60. The lowest BCUT2D eigenvalue weighted by Crippen LogP contribution is -2.40. The second-order valence-electron chi connectivity index (χ2n) is 4.92. The molecule has 1 aliphatic heterocycles. The molecule has 0 amide bonds. The number of nitrogens with zero attached hydrogens (tertiary/aromatic N) is 2. The molecule has 0 unspecified atom stereocenters. The van der Waals surface area contributed by atoms with Crippen molar-refractivity contribution in [3.63, 3.8) is 0 Å². The van der Waals surface area contributed by atoms with Crippen LogP contribution in [0.25, 0.3) is 0 Å². The van der Waals surface area contributed by atoms with E-state index in [-0.39, 0.29) is 5.03 Å². The van der Waals surface area contributed by atoms with Gasteiger partial charge in [0.05, 0.1) is 11.8 Å². The van der Waals surface area contributed by atoms with Gasteiger partial charge in [-0.15, -0.1) is 0 Å². The van der Waals surface area contributed by atoms with Crippen LogP contribution in [-0.4, -0.2) is 48.6 Å². The minimum Gasteiger partial charge on any atom is -0.393 e. The molecule has 112 valence electrons. The fourth-order valence-corrected chi connectivity index (χ4v) is 3.74. The first-order chi connectivity index (χ1) is 9.55. The average Bonchev–Trinajstić information content (AvgIpc) is 2.46. The van der Waals surface area contributed by atoms with Gasteiger partial charge in [0.25, 0.3) is 10.0 Å². The SMILES string of the molecule is CCCNc1cccnc1S(=O)(=O)N1CCC(O)CC1. The fraction of sp³-hybridized carbons (Fsp3) is 0.615. The Bertz CT molecular complexity index is 540. The first kappa shape index (κ1) is 15.2. The fourth-order valence-electron chi connectivity index (χ4n) is 2.20. The van der Waals surface area contributed by atoms with Gasteiger partial charge in [-0.25, -0.2) is 13.4 Å². The summed E-state index contributed by atoms with van der Waals surface area (Å²) in [5.74, 6) is 0. The highest BCUT2D eigenvalue weighted by Gasteiger charge is 2.31. The summed E-state index contributed by atoms with van der Waals surface area (Å²) in [5.41, 5.74) is 0.542. The molecule has 2 N–H and O–H groups in total. The van der Waals surface area contributed by atoms with Gasteiger partial charge in [-0.3, -0.25) is 0 Å². The number of sulfonamides is 1. The summed E-state index contributed by atoms with van der Waals surface area (Å²) in [6, 6.07) is 3.45. The zero-order valence-electron chi connectivity index (χ0n) is 11.6. The van der Waals surface area contributed by atoms with Crippen LogP contribution in [0.15, 0.2) is 23.4 Å². The highest BCUT2D eigenvalue weighted by molar-refractivity contribution is 7.89. The molecule has 0 saturated carbocycles. The van der Waals surface area contributed by atoms with E-state index in [9.17, 15) is 13.5 Å². The lowest BCUT2D eigenvalue weighted by molar-refractivity contribution is 0.113. The van der Waals surface area contributed by atoms with Crippen LogP contribution in [0.4, 0.5) is 5.69 Å². The lowest BCUT2D eigenvalue weighted by Gasteiger charge is -2.28. The molecule has 1 aromatic rings. The minimum absolute atomic E-state index is 0.0739. The number of hydrogen-bond donors (Lipinski definition) is 2. The van der Waals surface area contributed by atoms with Crippen LogP contribution in [0.5, 0.6) is 0 Å². The van der Waals surface area contributed by atoms with Crippen LogP contribution in [0.2, 0.25) is 0 Å². The van der Waals surface area contributed by atoms with E-state index in [2.05, 4.69) is 10.3 Å². The van der Waals surface area contributed by atoms with Crippen molar-refractivity contribution in [2.75, 3.05) is 25.0 Å². The molecule has 6 nitrogen and oxygen atoms in total. The van der Waals surface area contributed by atoms with E-state index in [0.717, 1.165) is 6.42 Å². The quantitative estimate of drug-likeness (QED) is 0.849. The zero-order valence-corrected chi connectivity index (χ0v) is 12.4. The lowest BCUT2D eigenvalue weighted by atomic mass is 10.1. The predicted octanol–water partition coefficient (Wildman–Crippen LogP) is 1.05. The largest absolute Gasteiger partial charge is 0.393 e. The van der Waals surface area contributed by atoms with E-state index in [4.69, 9.17) is 0 Å². The minimum atomic E-state index is -3.60. The Morgan fingerprint density at radius 2 is 2.15 bits per heavy atom. The van der Waals surface area contributed by atoms with Crippen molar-refractivity contribution in [1.82, 2.24) is 9.29 Å². The number of piperidine rings is 1. The second-order valence-corrected chi connectivity index (χ2v) is 6.77. The zero-order chi connectivity index (χ0) is 14.6. The molecule has 1 aliphatic rings. The Hall–Kier alpha value is -1.18. The summed E-state index contributed by atoms with van der Waals surface area (Å²) < 4.78 is 26.6. The van der Waals surface area contributed by atoms with Crippen LogP contribution < -0.4 is 5.32 Å². The molecule has 0 atom stereocenters. The van der Waals surface area contributed by atoms with Gasteiger partial charge < -0.3 is 10.4 Å². The first-order valence-corrected chi connectivity index (χ1v) is 8.37. The average molecular weight is 299 g/mol. The third-order valence-electron chi connectivity index (χ3n) is 3.34. The summed E-state index contributed by atoms with van der Waals surface area (Å²) >= 11 is 0. The normalized spacial score (nSPS) is 18.1. The number of nitrogens with one attached hydrogen (secondary N) is 1. The number of aliphatic hydroxyl groups is 1. The van der Waals surface area contributed by atoms with Crippen molar-refractivity contribution in [2.24, 2.45) is 0 Å². The third-order valence-corrected chi connectivity index (χ3v) is 5.20. The van der Waals surface area contributed by atoms with Crippen LogP contribution in [-0.2, 0) is 10.0 Å². The summed E-state index contributed by atoms with van der Waals surface area (Å²) in [6.07, 6.45) is 2.95. The smallest absolute Gasteiger partial charge is 0.262 e. The van der Waals surface area contributed by atoms with Gasteiger partial charge in [0.15, 0.2) is 5.03 Å². The molecule has 20 heavy (non-hydrogen) atoms. The molecular weight excluding hydrogens is 278 g/mol. The van der Waals surface area contributed by atoms with Crippen molar-refractivity contribution >= 4 is 15.7 Å². The van der Waals surface area contributed by atoms with E-state index < -0.39 is 16.1 Å². The number of pyridine rings is 1. The van der Waals surface area contributed by atoms with E-state index in [1.165, 1.54) is 10.5 Å². The monoisotopic (exact) mass is 299 g/mol. The van der Waals surface area contributed by atoms with Crippen LogP contribution >= 0.6 is 0 Å². The highest BCUT2D eigenvalue weighted by atomic mass is 32.2. The maximum Gasteiger partial charge on any atom is 0.262 e. The topological polar surface area (TPSA) is 82.5 Å². The maximum atomic E-state index is 12.6. The maximum absolute atomic E-state index is 12.6. The standard InChI is InChI=1S/C13H21N3O3S/c1-2-7-14-12-4-3-8-15-13(12)20(18,19)16-9-5-11(17)6-10-16/h3-4,8,11,14,17H,2,5-7,9-10H2,1H3. The Morgan fingerprint density at radius 1 is 1.45 bits per heavy atom. The van der Waals surface area contributed by atoms with Gasteiger partial charge in [0.1, 0.15) is 0 Å². The first-order valence-electron chi connectivity index (χ1n) is 6.92. The molecule has 0 bridgehead atoms.